The van der Waals surface area contributed by atoms with E-state index in [0.29, 0.717) is 17.1 Å². The van der Waals surface area contributed by atoms with Crippen LogP contribution < -0.4 is 10.4 Å². The van der Waals surface area contributed by atoms with E-state index in [4.69, 9.17) is 9.47 Å². The summed E-state index contributed by atoms with van der Waals surface area (Å²) in [5.41, 5.74) is 2.79. The highest BCUT2D eigenvalue weighted by Gasteiger charge is 2.30. The molecule has 0 aliphatic heterocycles. The van der Waals surface area contributed by atoms with E-state index in [0.717, 1.165) is 5.01 Å². The van der Waals surface area contributed by atoms with E-state index in [1.165, 1.54) is 0 Å². The highest BCUT2D eigenvalue weighted by molar-refractivity contribution is 5.92. The normalized spacial score (nSPS) is 11.9. The fourth-order valence-electron chi connectivity index (χ4n) is 1.98. The summed E-state index contributed by atoms with van der Waals surface area (Å²) in [6, 6.07) is 0. The number of aromatic nitrogens is 2. The van der Waals surface area contributed by atoms with E-state index in [9.17, 15) is 9.59 Å². The third kappa shape index (κ3) is 5.43. The molecule has 8 heteroatoms. The number of hydrogen-bond acceptors (Lipinski definition) is 5. The molecule has 24 heavy (non-hydrogen) atoms. The van der Waals surface area contributed by atoms with Gasteiger partial charge in [0.25, 0.3) is 0 Å². The number of aryl methyl sites for hydroxylation is 2. The maximum absolute atomic E-state index is 12.6. The van der Waals surface area contributed by atoms with E-state index < -0.39 is 23.4 Å². The lowest BCUT2D eigenvalue weighted by Gasteiger charge is -2.28. The summed E-state index contributed by atoms with van der Waals surface area (Å²) in [6.07, 6.45) is -1.47. The van der Waals surface area contributed by atoms with Crippen molar-refractivity contribution in [3.05, 3.63) is 11.4 Å². The van der Waals surface area contributed by atoms with Gasteiger partial charge in [0, 0.05) is 7.05 Å². The number of carbonyl (C=O) groups excluding carboxylic acids is 2. The van der Waals surface area contributed by atoms with Gasteiger partial charge in [-0.05, 0) is 55.4 Å². The van der Waals surface area contributed by atoms with Crippen molar-refractivity contribution in [3.8, 4) is 0 Å². The van der Waals surface area contributed by atoms with Gasteiger partial charge in [-0.2, -0.15) is 10.1 Å². The van der Waals surface area contributed by atoms with E-state index in [2.05, 4.69) is 10.5 Å². The molecule has 0 bridgehead atoms. The van der Waals surface area contributed by atoms with Gasteiger partial charge in [-0.1, -0.05) is 0 Å². The number of nitrogens with zero attached hydrogens (tertiary/aromatic N) is 3. The number of anilines is 1. The van der Waals surface area contributed by atoms with Crippen molar-refractivity contribution in [2.24, 2.45) is 7.05 Å². The van der Waals surface area contributed by atoms with Crippen molar-refractivity contribution in [1.82, 2.24) is 15.2 Å². The number of hydrazine groups is 1. The predicted octanol–water partition coefficient (Wildman–Crippen LogP) is 3.22. The van der Waals surface area contributed by atoms with Crippen molar-refractivity contribution in [1.29, 1.82) is 0 Å². The van der Waals surface area contributed by atoms with Gasteiger partial charge in [0.2, 0.25) is 0 Å². The van der Waals surface area contributed by atoms with Crippen molar-refractivity contribution in [3.63, 3.8) is 0 Å². The highest BCUT2D eigenvalue weighted by atomic mass is 16.6. The second kappa shape index (κ2) is 6.70. The summed E-state index contributed by atoms with van der Waals surface area (Å²) in [6.45, 7) is 14.0. The van der Waals surface area contributed by atoms with Crippen molar-refractivity contribution in [2.75, 3.05) is 5.01 Å². The van der Waals surface area contributed by atoms with Gasteiger partial charge in [0.1, 0.15) is 16.9 Å². The molecule has 0 radical (unpaired) electrons. The molecule has 0 fully saturated rings. The van der Waals surface area contributed by atoms with Gasteiger partial charge in [-0.25, -0.2) is 15.0 Å². The van der Waals surface area contributed by atoms with E-state index in [1.807, 2.05) is 0 Å². The van der Waals surface area contributed by atoms with Gasteiger partial charge in [-0.3, -0.25) is 4.68 Å². The first-order valence-electron chi connectivity index (χ1n) is 7.74. The third-order valence-electron chi connectivity index (χ3n) is 2.87. The lowest BCUT2D eigenvalue weighted by Crippen LogP contribution is -2.50. The first-order chi connectivity index (χ1) is 10.7. The van der Waals surface area contributed by atoms with Gasteiger partial charge in [-0.15, -0.1) is 0 Å². The molecule has 0 aliphatic carbocycles. The van der Waals surface area contributed by atoms with Crippen LogP contribution in [-0.2, 0) is 16.5 Å². The Morgan fingerprint density at radius 3 is 1.92 bits per heavy atom. The zero-order chi connectivity index (χ0) is 18.9. The molecular formula is C16H28N4O4. The SMILES string of the molecule is Cc1nn(C)c(C)c1N(NC(=O)OC(C)(C)C)C(=O)OC(C)(C)C. The maximum Gasteiger partial charge on any atom is 0.434 e. The Bertz CT molecular complexity index is 623. The van der Waals surface area contributed by atoms with Crippen LogP contribution in [0.1, 0.15) is 52.9 Å². The number of ether oxygens (including phenoxy) is 2. The zero-order valence-electron chi connectivity index (χ0n) is 16.0. The Kier molecular flexibility index (Phi) is 5.53. The molecule has 1 aromatic rings. The summed E-state index contributed by atoms with van der Waals surface area (Å²) >= 11 is 0. The monoisotopic (exact) mass is 340 g/mol. The largest absolute Gasteiger partial charge is 0.443 e. The minimum Gasteiger partial charge on any atom is -0.443 e. The minimum absolute atomic E-state index is 0.456. The van der Waals surface area contributed by atoms with E-state index >= 15 is 0 Å². The van der Waals surface area contributed by atoms with Crippen LogP contribution in [0.3, 0.4) is 0 Å². The molecule has 1 N–H and O–H groups in total. The van der Waals surface area contributed by atoms with Crippen LogP contribution in [-0.4, -0.2) is 33.2 Å². The van der Waals surface area contributed by atoms with Gasteiger partial charge in [0.05, 0.1) is 11.4 Å². The first-order valence-corrected chi connectivity index (χ1v) is 7.74. The quantitative estimate of drug-likeness (QED) is 0.793. The molecule has 0 aliphatic rings. The fraction of sp³-hybridized carbons (Fsp3) is 0.688. The van der Waals surface area contributed by atoms with Crippen LogP contribution in [0.25, 0.3) is 0 Å². The molecule has 0 spiro atoms. The molecule has 1 heterocycles. The molecule has 0 unspecified atom stereocenters. The lowest BCUT2D eigenvalue weighted by molar-refractivity contribution is 0.0425. The Hall–Kier alpha value is -2.25. The van der Waals surface area contributed by atoms with Crippen molar-refractivity contribution < 1.29 is 19.1 Å². The lowest BCUT2D eigenvalue weighted by atomic mass is 10.2. The second-order valence-electron chi connectivity index (χ2n) is 7.57. The topological polar surface area (TPSA) is 85.7 Å². The fourth-order valence-corrected chi connectivity index (χ4v) is 1.98. The molecule has 8 nitrogen and oxygen atoms in total. The second-order valence-corrected chi connectivity index (χ2v) is 7.57. The molecule has 0 saturated carbocycles. The number of amides is 2. The van der Waals surface area contributed by atoms with Crippen molar-refractivity contribution >= 4 is 17.9 Å². The molecule has 0 aromatic carbocycles. The van der Waals surface area contributed by atoms with Crippen LogP contribution in [0.4, 0.5) is 15.3 Å². The van der Waals surface area contributed by atoms with Crippen LogP contribution >= 0.6 is 0 Å². The summed E-state index contributed by atoms with van der Waals surface area (Å²) in [7, 11) is 1.76. The molecule has 0 saturated heterocycles. The Labute approximate surface area is 143 Å². The van der Waals surface area contributed by atoms with Crippen LogP contribution in [0.5, 0.6) is 0 Å². The maximum atomic E-state index is 12.6. The van der Waals surface area contributed by atoms with Gasteiger partial charge in [0.15, 0.2) is 0 Å². The Balaban J connectivity index is 3.17. The van der Waals surface area contributed by atoms with Gasteiger partial charge < -0.3 is 9.47 Å². The Morgan fingerprint density at radius 1 is 1.04 bits per heavy atom. The predicted molar refractivity (Wildman–Crippen MR) is 90.8 cm³/mol. The minimum atomic E-state index is -0.754. The summed E-state index contributed by atoms with van der Waals surface area (Å²) in [4.78, 5) is 24.7. The summed E-state index contributed by atoms with van der Waals surface area (Å²) < 4.78 is 12.2. The smallest absolute Gasteiger partial charge is 0.434 e. The van der Waals surface area contributed by atoms with Crippen molar-refractivity contribution in [2.45, 2.75) is 66.6 Å². The molecule has 1 aromatic heterocycles. The number of carbonyl (C=O) groups is 2. The number of rotatable bonds is 1. The van der Waals surface area contributed by atoms with E-state index in [-0.39, 0.29) is 0 Å². The van der Waals surface area contributed by atoms with Crippen LogP contribution in [0, 0.1) is 13.8 Å². The van der Waals surface area contributed by atoms with Gasteiger partial charge >= 0.3 is 12.2 Å². The molecule has 1 rings (SSSR count). The average molecular weight is 340 g/mol. The Morgan fingerprint density at radius 2 is 1.54 bits per heavy atom. The third-order valence-corrected chi connectivity index (χ3v) is 2.87. The summed E-state index contributed by atoms with van der Waals surface area (Å²) in [5, 5.41) is 5.31. The molecule has 2 amide bonds. The molecular weight excluding hydrogens is 312 g/mol. The highest BCUT2D eigenvalue weighted by Crippen LogP contribution is 2.24. The summed E-state index contributed by atoms with van der Waals surface area (Å²) in [5.74, 6) is 0. The van der Waals surface area contributed by atoms with Crippen LogP contribution in [0.2, 0.25) is 0 Å². The zero-order valence-corrected chi connectivity index (χ0v) is 16.0. The van der Waals surface area contributed by atoms with Crippen LogP contribution in [0.15, 0.2) is 0 Å². The molecule has 0 atom stereocenters. The number of hydrogen-bond donors (Lipinski definition) is 1. The number of nitrogens with one attached hydrogen (secondary N) is 1. The standard InChI is InChI=1S/C16H28N4O4/c1-10-12(11(2)19(9)17-10)20(14(22)24-16(6,7)8)18-13(21)23-15(3,4)5/h1-9H3,(H,18,21). The average Bonchev–Trinajstić information content (AvgIpc) is 2.56. The molecule has 136 valence electrons. The first kappa shape index (κ1) is 19.8. The van der Waals surface area contributed by atoms with E-state index in [1.54, 1.807) is 67.1 Å².